The maximum Gasteiger partial charge on any atom is 0.0651 e. The van der Waals surface area contributed by atoms with E-state index in [9.17, 15) is 0 Å². The highest BCUT2D eigenvalue weighted by Gasteiger charge is 2.24. The Morgan fingerprint density at radius 1 is 1.08 bits per heavy atom. The first-order valence-corrected chi connectivity index (χ1v) is 8.70. The average Bonchev–Trinajstić information content (AvgIpc) is 2.03. The van der Waals surface area contributed by atoms with Crippen molar-refractivity contribution in [3.63, 3.8) is 0 Å². The Morgan fingerprint density at radius 2 is 1.58 bits per heavy atom. The molecule has 1 aromatic rings. The first-order chi connectivity index (χ1) is 5.52. The minimum Gasteiger partial charge on any atom is -0.0875 e. The molecule has 0 aromatic heterocycles. The van der Waals surface area contributed by atoms with Crippen LogP contribution >= 0.6 is 15.9 Å². The standard InChI is InChI=1S/C10H15BrSi/c1-12(2,3)10(11)9-7-5-4-6-8-9/h4-8,10H,1-3H3. The minimum atomic E-state index is -1.08. The zero-order valence-corrected chi connectivity index (χ0v) is 10.4. The van der Waals surface area contributed by atoms with Crippen molar-refractivity contribution in [2.75, 3.05) is 0 Å². The van der Waals surface area contributed by atoms with Gasteiger partial charge in [0.25, 0.3) is 0 Å². The summed E-state index contributed by atoms with van der Waals surface area (Å²) in [4.78, 5) is 0. The van der Waals surface area contributed by atoms with E-state index in [1.807, 2.05) is 0 Å². The molecule has 0 aliphatic rings. The quantitative estimate of drug-likeness (QED) is 0.544. The average molecular weight is 243 g/mol. The monoisotopic (exact) mass is 242 g/mol. The van der Waals surface area contributed by atoms with Gasteiger partial charge in [0.1, 0.15) is 0 Å². The topological polar surface area (TPSA) is 0 Å². The van der Waals surface area contributed by atoms with Crippen LogP contribution in [-0.2, 0) is 0 Å². The van der Waals surface area contributed by atoms with E-state index in [2.05, 4.69) is 65.9 Å². The van der Waals surface area contributed by atoms with Gasteiger partial charge in [0, 0.05) is 4.45 Å². The molecular formula is C10H15BrSi. The zero-order chi connectivity index (χ0) is 9.19. The Balaban J connectivity index is 2.86. The Labute approximate surface area is 84.1 Å². The number of alkyl halides is 1. The maximum absolute atomic E-state index is 3.77. The fourth-order valence-corrected chi connectivity index (χ4v) is 2.62. The molecular weight excluding hydrogens is 228 g/mol. The lowest BCUT2D eigenvalue weighted by Crippen LogP contribution is -2.26. The van der Waals surface area contributed by atoms with Crippen molar-refractivity contribution in [3.8, 4) is 0 Å². The molecule has 0 heterocycles. The fourth-order valence-electron chi connectivity index (χ4n) is 1.12. The fraction of sp³-hybridized carbons (Fsp3) is 0.400. The molecule has 0 aliphatic heterocycles. The minimum absolute atomic E-state index is 0.575. The molecule has 0 amide bonds. The molecule has 0 saturated heterocycles. The summed E-state index contributed by atoms with van der Waals surface area (Å²) >= 11 is 3.77. The molecule has 0 nitrogen and oxygen atoms in total. The molecule has 0 N–H and O–H groups in total. The predicted octanol–water partition coefficient (Wildman–Crippen LogP) is 4.00. The van der Waals surface area contributed by atoms with E-state index in [-0.39, 0.29) is 0 Å². The van der Waals surface area contributed by atoms with Crippen LogP contribution in [0.5, 0.6) is 0 Å². The molecule has 2 heteroatoms. The summed E-state index contributed by atoms with van der Waals surface area (Å²) in [7, 11) is -1.08. The van der Waals surface area contributed by atoms with Crippen molar-refractivity contribution in [1.29, 1.82) is 0 Å². The molecule has 0 spiro atoms. The Morgan fingerprint density at radius 3 is 2.00 bits per heavy atom. The van der Waals surface area contributed by atoms with Crippen LogP contribution in [0.3, 0.4) is 0 Å². The number of hydrogen-bond acceptors (Lipinski definition) is 0. The molecule has 0 aliphatic carbocycles. The van der Waals surface area contributed by atoms with E-state index in [0.717, 1.165) is 0 Å². The van der Waals surface area contributed by atoms with Gasteiger partial charge in [-0.25, -0.2) is 0 Å². The van der Waals surface area contributed by atoms with Crippen LogP contribution in [0.2, 0.25) is 19.6 Å². The number of halogens is 1. The van der Waals surface area contributed by atoms with Crippen molar-refractivity contribution in [2.45, 2.75) is 24.1 Å². The predicted molar refractivity (Wildman–Crippen MR) is 61.5 cm³/mol. The molecule has 0 bridgehead atoms. The lowest BCUT2D eigenvalue weighted by molar-refractivity contribution is 1.29. The second-order valence-corrected chi connectivity index (χ2v) is 11.2. The Hall–Kier alpha value is -0.0831. The molecule has 0 fully saturated rings. The van der Waals surface area contributed by atoms with Crippen LogP contribution in [0, 0.1) is 0 Å². The summed E-state index contributed by atoms with van der Waals surface area (Å²) in [6.07, 6.45) is 0. The van der Waals surface area contributed by atoms with Gasteiger partial charge in [0.05, 0.1) is 8.07 Å². The summed E-state index contributed by atoms with van der Waals surface area (Å²) in [5.74, 6) is 0. The van der Waals surface area contributed by atoms with E-state index in [1.165, 1.54) is 5.56 Å². The van der Waals surface area contributed by atoms with Gasteiger partial charge in [0.2, 0.25) is 0 Å². The normalized spacial score (nSPS) is 14.3. The van der Waals surface area contributed by atoms with Gasteiger partial charge in [0.15, 0.2) is 0 Å². The van der Waals surface area contributed by atoms with Gasteiger partial charge in [-0.3, -0.25) is 0 Å². The molecule has 0 saturated carbocycles. The molecule has 1 aromatic carbocycles. The molecule has 12 heavy (non-hydrogen) atoms. The smallest absolute Gasteiger partial charge is 0.0651 e. The highest BCUT2D eigenvalue weighted by atomic mass is 79.9. The second kappa shape index (κ2) is 3.75. The van der Waals surface area contributed by atoms with Crippen LogP contribution < -0.4 is 0 Å². The van der Waals surface area contributed by atoms with Crippen LogP contribution in [0.1, 0.15) is 10.0 Å². The van der Waals surface area contributed by atoms with Gasteiger partial charge in [-0.1, -0.05) is 65.9 Å². The van der Waals surface area contributed by atoms with E-state index in [4.69, 9.17) is 0 Å². The van der Waals surface area contributed by atoms with Gasteiger partial charge in [-0.2, -0.15) is 0 Å². The SMILES string of the molecule is C[Si](C)(C)C(Br)c1ccccc1. The van der Waals surface area contributed by atoms with Crippen molar-refractivity contribution in [3.05, 3.63) is 35.9 Å². The summed E-state index contributed by atoms with van der Waals surface area (Å²) in [5, 5.41) is 0. The molecule has 1 atom stereocenters. The Kier molecular flexibility index (Phi) is 3.13. The third-order valence-corrected chi connectivity index (χ3v) is 8.36. The molecule has 66 valence electrons. The lowest BCUT2D eigenvalue weighted by Gasteiger charge is -2.23. The molecule has 1 unspecified atom stereocenters. The lowest BCUT2D eigenvalue weighted by atomic mass is 10.2. The van der Waals surface area contributed by atoms with E-state index < -0.39 is 8.07 Å². The van der Waals surface area contributed by atoms with E-state index in [1.54, 1.807) is 0 Å². The van der Waals surface area contributed by atoms with Gasteiger partial charge < -0.3 is 0 Å². The molecule has 1 rings (SSSR count). The van der Waals surface area contributed by atoms with E-state index in [0.29, 0.717) is 4.45 Å². The number of rotatable bonds is 2. The van der Waals surface area contributed by atoms with Crippen LogP contribution in [0.25, 0.3) is 0 Å². The summed E-state index contributed by atoms with van der Waals surface area (Å²) in [6, 6.07) is 10.6. The van der Waals surface area contributed by atoms with Gasteiger partial charge in [-0.15, -0.1) is 0 Å². The first kappa shape index (κ1) is 10.0. The highest BCUT2D eigenvalue weighted by Crippen LogP contribution is 2.32. The van der Waals surface area contributed by atoms with Crippen LogP contribution in [-0.4, -0.2) is 8.07 Å². The third-order valence-electron chi connectivity index (χ3n) is 1.85. The van der Waals surface area contributed by atoms with Gasteiger partial charge >= 0.3 is 0 Å². The zero-order valence-electron chi connectivity index (χ0n) is 7.84. The Bertz CT molecular complexity index is 238. The first-order valence-electron chi connectivity index (χ1n) is 4.21. The van der Waals surface area contributed by atoms with Crippen molar-refractivity contribution >= 4 is 24.0 Å². The summed E-state index contributed by atoms with van der Waals surface area (Å²) in [5.41, 5.74) is 1.41. The highest BCUT2D eigenvalue weighted by molar-refractivity contribution is 9.09. The van der Waals surface area contributed by atoms with Crippen molar-refractivity contribution in [2.24, 2.45) is 0 Å². The largest absolute Gasteiger partial charge is 0.0875 e. The maximum atomic E-state index is 3.77. The van der Waals surface area contributed by atoms with Crippen molar-refractivity contribution < 1.29 is 0 Å². The van der Waals surface area contributed by atoms with Crippen molar-refractivity contribution in [1.82, 2.24) is 0 Å². The summed E-state index contributed by atoms with van der Waals surface area (Å²) in [6.45, 7) is 7.12. The summed E-state index contributed by atoms with van der Waals surface area (Å²) < 4.78 is 0.575. The van der Waals surface area contributed by atoms with E-state index >= 15 is 0 Å². The van der Waals surface area contributed by atoms with Crippen LogP contribution in [0.4, 0.5) is 0 Å². The number of benzene rings is 1. The number of hydrogen-bond donors (Lipinski definition) is 0. The third kappa shape index (κ3) is 2.46. The van der Waals surface area contributed by atoms with Crippen LogP contribution in [0.15, 0.2) is 30.3 Å². The van der Waals surface area contributed by atoms with Gasteiger partial charge in [-0.05, 0) is 5.56 Å². The molecule has 0 radical (unpaired) electrons. The second-order valence-electron chi connectivity index (χ2n) is 4.14.